The van der Waals surface area contributed by atoms with Crippen molar-refractivity contribution in [3.63, 3.8) is 0 Å². The number of carbonyl (C=O) groups is 2. The minimum Gasteiger partial charge on any atom is -0.468 e. The molecule has 128 valence electrons. The minimum absolute atomic E-state index is 0.0563. The molecule has 4 heteroatoms. The van der Waals surface area contributed by atoms with Gasteiger partial charge in [-0.1, -0.05) is 30.3 Å². The normalized spacial score (nSPS) is 21.9. The lowest BCUT2D eigenvalue weighted by atomic mass is 9.81. The Labute approximate surface area is 146 Å². The number of rotatable bonds is 4. The largest absolute Gasteiger partial charge is 0.468 e. The van der Waals surface area contributed by atoms with Crippen LogP contribution in [0.5, 0.6) is 0 Å². The summed E-state index contributed by atoms with van der Waals surface area (Å²) in [6, 6.07) is 9.79. The van der Waals surface area contributed by atoms with Gasteiger partial charge in [-0.2, -0.15) is 0 Å². The van der Waals surface area contributed by atoms with Crippen molar-refractivity contribution in [1.82, 2.24) is 0 Å². The number of hydrogen-bond acceptors (Lipinski definition) is 4. The number of ketones is 1. The summed E-state index contributed by atoms with van der Waals surface area (Å²) in [5.41, 5.74) is 3.09. The smallest absolute Gasteiger partial charge is 0.325 e. The summed E-state index contributed by atoms with van der Waals surface area (Å²) in [4.78, 5) is 25.5. The Balaban J connectivity index is 1.87. The Morgan fingerprint density at radius 3 is 2.72 bits per heavy atom. The molecular weight excluding hydrogens is 316 g/mol. The highest BCUT2D eigenvalue weighted by molar-refractivity contribution is 6.17. The molecule has 0 amide bonds. The van der Waals surface area contributed by atoms with Gasteiger partial charge in [0.2, 0.25) is 0 Å². The fraction of sp³-hybridized carbons (Fsp3) is 0.333. The number of benzene rings is 1. The van der Waals surface area contributed by atoms with Crippen LogP contribution in [0.4, 0.5) is 0 Å². The van der Waals surface area contributed by atoms with Gasteiger partial charge in [-0.25, -0.2) is 0 Å². The zero-order valence-electron chi connectivity index (χ0n) is 14.4. The standard InChI is InChI=1S/C21H20O4/c1-3-24-20(23)21(13(2)19(21)14-8-5-4-6-9-14)15-12-25-17-11-7-10-16(22)18(15)17/h4-6,8-9,12H,3,7,10-11H2,1-2H3. The third-order valence-corrected chi connectivity index (χ3v) is 5.25. The van der Waals surface area contributed by atoms with Crippen LogP contribution in [0.2, 0.25) is 0 Å². The molecule has 2 aliphatic rings. The van der Waals surface area contributed by atoms with Gasteiger partial charge in [0.25, 0.3) is 0 Å². The monoisotopic (exact) mass is 336 g/mol. The number of Topliss-reactive ketones (excluding diaryl/α,β-unsaturated/α-hetero) is 1. The SMILES string of the molecule is CCOC(=O)C1(c2coc3c2C(=O)CCC3)C(C)=C1c1ccccc1. The highest BCUT2D eigenvalue weighted by atomic mass is 16.5. The summed E-state index contributed by atoms with van der Waals surface area (Å²) in [5, 5.41) is 0. The molecule has 1 aromatic heterocycles. The first kappa shape index (κ1) is 15.9. The molecule has 0 radical (unpaired) electrons. The highest BCUT2D eigenvalue weighted by Gasteiger charge is 2.62. The Morgan fingerprint density at radius 1 is 1.24 bits per heavy atom. The second kappa shape index (κ2) is 5.73. The Bertz CT molecular complexity index is 888. The van der Waals surface area contributed by atoms with E-state index in [2.05, 4.69) is 0 Å². The molecule has 1 heterocycles. The van der Waals surface area contributed by atoms with Crippen molar-refractivity contribution in [3.8, 4) is 0 Å². The second-order valence-electron chi connectivity index (χ2n) is 6.56. The highest BCUT2D eigenvalue weighted by Crippen LogP contribution is 2.61. The molecular formula is C21H20O4. The van der Waals surface area contributed by atoms with Gasteiger partial charge in [0.05, 0.1) is 18.4 Å². The van der Waals surface area contributed by atoms with Crippen LogP contribution in [0.3, 0.4) is 0 Å². The van der Waals surface area contributed by atoms with Crippen molar-refractivity contribution in [2.75, 3.05) is 6.61 Å². The van der Waals surface area contributed by atoms with Crippen LogP contribution in [0.25, 0.3) is 5.57 Å². The predicted octanol–water partition coefficient (Wildman–Crippen LogP) is 4.09. The molecule has 25 heavy (non-hydrogen) atoms. The van der Waals surface area contributed by atoms with Crippen molar-refractivity contribution in [1.29, 1.82) is 0 Å². The van der Waals surface area contributed by atoms with E-state index in [0.29, 0.717) is 29.9 Å². The van der Waals surface area contributed by atoms with Crippen LogP contribution in [-0.2, 0) is 21.4 Å². The second-order valence-corrected chi connectivity index (χ2v) is 6.56. The zero-order chi connectivity index (χ0) is 17.6. The third-order valence-electron chi connectivity index (χ3n) is 5.25. The first-order chi connectivity index (χ1) is 12.1. The molecule has 0 bridgehead atoms. The van der Waals surface area contributed by atoms with Gasteiger partial charge in [0.1, 0.15) is 11.2 Å². The maximum atomic E-state index is 13.0. The molecule has 4 rings (SSSR count). The van der Waals surface area contributed by atoms with E-state index in [-0.39, 0.29) is 11.8 Å². The number of fused-ring (bicyclic) bond motifs is 1. The lowest BCUT2D eigenvalue weighted by Gasteiger charge is -2.20. The van der Waals surface area contributed by atoms with E-state index >= 15 is 0 Å². The average Bonchev–Trinajstić information content (AvgIpc) is 3.00. The summed E-state index contributed by atoms with van der Waals surface area (Å²) >= 11 is 0. The fourth-order valence-electron chi connectivity index (χ4n) is 4.08. The van der Waals surface area contributed by atoms with Gasteiger partial charge in [-0.15, -0.1) is 0 Å². The van der Waals surface area contributed by atoms with Crippen molar-refractivity contribution < 1.29 is 18.7 Å². The van der Waals surface area contributed by atoms with Crippen LogP contribution in [0.15, 0.2) is 46.6 Å². The zero-order valence-corrected chi connectivity index (χ0v) is 14.4. The quantitative estimate of drug-likeness (QED) is 0.789. The van der Waals surface area contributed by atoms with E-state index in [1.807, 2.05) is 37.3 Å². The molecule has 1 atom stereocenters. The number of hydrogen-bond donors (Lipinski definition) is 0. The van der Waals surface area contributed by atoms with Gasteiger partial charge < -0.3 is 9.15 Å². The minimum atomic E-state index is -0.985. The predicted molar refractivity (Wildman–Crippen MR) is 93.3 cm³/mol. The molecule has 0 fully saturated rings. The molecule has 0 aliphatic heterocycles. The maximum Gasteiger partial charge on any atom is 0.325 e. The fourth-order valence-corrected chi connectivity index (χ4v) is 4.08. The van der Waals surface area contributed by atoms with Crippen molar-refractivity contribution in [3.05, 3.63) is 64.6 Å². The van der Waals surface area contributed by atoms with E-state index in [4.69, 9.17) is 9.15 Å². The van der Waals surface area contributed by atoms with Gasteiger partial charge in [0, 0.05) is 18.4 Å². The molecule has 0 N–H and O–H groups in total. The first-order valence-corrected chi connectivity index (χ1v) is 8.70. The summed E-state index contributed by atoms with van der Waals surface area (Å²) in [6.45, 7) is 4.03. The average molecular weight is 336 g/mol. The number of ether oxygens (including phenoxy) is 1. The molecule has 1 aromatic carbocycles. The Kier molecular flexibility index (Phi) is 3.64. The molecule has 0 spiro atoms. The first-order valence-electron chi connectivity index (χ1n) is 8.70. The van der Waals surface area contributed by atoms with Crippen LogP contribution >= 0.6 is 0 Å². The van der Waals surface area contributed by atoms with Gasteiger partial charge >= 0.3 is 5.97 Å². The number of carbonyl (C=O) groups excluding carboxylic acids is 2. The van der Waals surface area contributed by atoms with E-state index in [9.17, 15) is 9.59 Å². The van der Waals surface area contributed by atoms with Gasteiger partial charge in [-0.3, -0.25) is 9.59 Å². The van der Waals surface area contributed by atoms with Crippen molar-refractivity contribution >= 4 is 17.3 Å². The van der Waals surface area contributed by atoms with Crippen molar-refractivity contribution in [2.45, 2.75) is 38.5 Å². The van der Waals surface area contributed by atoms with E-state index in [0.717, 1.165) is 29.6 Å². The third kappa shape index (κ3) is 2.13. The summed E-state index contributed by atoms with van der Waals surface area (Å²) in [5.74, 6) is 0.427. The molecule has 2 aromatic rings. The maximum absolute atomic E-state index is 13.0. The summed E-state index contributed by atoms with van der Waals surface area (Å²) < 4.78 is 11.1. The van der Waals surface area contributed by atoms with E-state index in [1.165, 1.54) is 0 Å². The summed E-state index contributed by atoms with van der Waals surface area (Å²) in [7, 11) is 0. The van der Waals surface area contributed by atoms with Crippen LogP contribution < -0.4 is 0 Å². The molecule has 4 nitrogen and oxygen atoms in total. The number of esters is 1. The van der Waals surface area contributed by atoms with E-state index < -0.39 is 5.41 Å². The molecule has 2 aliphatic carbocycles. The molecule has 0 saturated carbocycles. The lowest BCUT2D eigenvalue weighted by Crippen LogP contribution is -2.30. The summed E-state index contributed by atoms with van der Waals surface area (Å²) in [6.07, 6.45) is 3.62. The van der Waals surface area contributed by atoms with Gasteiger partial charge in [-0.05, 0) is 37.0 Å². The topological polar surface area (TPSA) is 56.5 Å². The Morgan fingerprint density at radius 2 is 2.00 bits per heavy atom. The molecule has 1 unspecified atom stereocenters. The van der Waals surface area contributed by atoms with Gasteiger partial charge in [0.15, 0.2) is 5.78 Å². The lowest BCUT2D eigenvalue weighted by molar-refractivity contribution is -0.145. The van der Waals surface area contributed by atoms with E-state index in [1.54, 1.807) is 13.2 Å². The number of aryl methyl sites for hydroxylation is 1. The number of furan rings is 1. The van der Waals surface area contributed by atoms with Crippen LogP contribution in [-0.4, -0.2) is 18.4 Å². The van der Waals surface area contributed by atoms with Crippen molar-refractivity contribution in [2.24, 2.45) is 0 Å². The molecule has 0 saturated heterocycles. The van der Waals surface area contributed by atoms with Crippen LogP contribution in [0, 0.1) is 0 Å². The van der Waals surface area contributed by atoms with Crippen LogP contribution in [0.1, 0.15) is 53.9 Å². The Hall–Kier alpha value is -2.62.